The van der Waals surface area contributed by atoms with Crippen LogP contribution in [0.3, 0.4) is 0 Å². The Kier molecular flexibility index (Phi) is 4.33. The van der Waals surface area contributed by atoms with Crippen LogP contribution in [0.15, 0.2) is 36.7 Å². The topological polar surface area (TPSA) is 24.9 Å². The number of aryl methyl sites for hydroxylation is 3. The van der Waals surface area contributed by atoms with Crippen LogP contribution in [-0.4, -0.2) is 4.98 Å². The summed E-state index contributed by atoms with van der Waals surface area (Å²) in [6, 6.07) is 9.04. The maximum absolute atomic E-state index is 4.19. The van der Waals surface area contributed by atoms with Crippen LogP contribution in [0.2, 0.25) is 0 Å². The van der Waals surface area contributed by atoms with Crippen molar-refractivity contribution in [1.29, 1.82) is 0 Å². The summed E-state index contributed by atoms with van der Waals surface area (Å²) < 4.78 is 0. The average Bonchev–Trinajstić information content (AvgIpc) is 2.37. The summed E-state index contributed by atoms with van der Waals surface area (Å²) in [4.78, 5) is 4.19. The Labute approximate surface area is 115 Å². The van der Waals surface area contributed by atoms with Crippen LogP contribution in [-0.2, 0) is 6.54 Å². The fraction of sp³-hybridized carbons (Fsp3) is 0.353. The first kappa shape index (κ1) is 13.8. The Bertz CT molecular complexity index is 561. The van der Waals surface area contributed by atoms with Crippen molar-refractivity contribution in [2.24, 2.45) is 0 Å². The number of pyridine rings is 1. The minimum absolute atomic E-state index is 0.347. The number of aromatic nitrogens is 1. The number of hydrogen-bond donors (Lipinski definition) is 1. The molecule has 1 aromatic carbocycles. The van der Waals surface area contributed by atoms with Gasteiger partial charge in [0.05, 0.1) is 0 Å². The molecule has 0 saturated carbocycles. The van der Waals surface area contributed by atoms with Gasteiger partial charge in [0.2, 0.25) is 0 Å². The highest BCUT2D eigenvalue weighted by Gasteiger charge is 2.08. The summed E-state index contributed by atoms with van der Waals surface area (Å²) in [5.74, 6) is 0. The van der Waals surface area contributed by atoms with Crippen molar-refractivity contribution in [3.63, 3.8) is 0 Å². The van der Waals surface area contributed by atoms with Crippen molar-refractivity contribution < 1.29 is 0 Å². The highest BCUT2D eigenvalue weighted by molar-refractivity contribution is 5.32. The summed E-state index contributed by atoms with van der Waals surface area (Å²) in [6.45, 7) is 9.50. The van der Waals surface area contributed by atoms with Gasteiger partial charge in [-0.05, 0) is 56.0 Å². The number of nitrogens with zero attached hydrogens (tertiary/aromatic N) is 1. The van der Waals surface area contributed by atoms with E-state index >= 15 is 0 Å². The highest BCUT2D eigenvalue weighted by atomic mass is 14.9. The zero-order valence-corrected chi connectivity index (χ0v) is 12.2. The molecule has 0 aliphatic rings. The lowest BCUT2D eigenvalue weighted by molar-refractivity contribution is 0.570. The van der Waals surface area contributed by atoms with E-state index in [1.54, 1.807) is 0 Å². The summed E-state index contributed by atoms with van der Waals surface area (Å²) in [7, 11) is 0. The fourth-order valence-corrected chi connectivity index (χ4v) is 2.37. The summed E-state index contributed by atoms with van der Waals surface area (Å²) in [6.07, 6.45) is 3.78. The van der Waals surface area contributed by atoms with Crippen LogP contribution in [0, 0.1) is 20.8 Å². The smallest absolute Gasteiger partial charge is 0.0315 e. The van der Waals surface area contributed by atoms with Gasteiger partial charge in [-0.2, -0.15) is 0 Å². The van der Waals surface area contributed by atoms with Crippen LogP contribution >= 0.6 is 0 Å². The van der Waals surface area contributed by atoms with Gasteiger partial charge >= 0.3 is 0 Å². The fourth-order valence-electron chi connectivity index (χ4n) is 2.37. The third-order valence-electron chi connectivity index (χ3n) is 3.64. The number of hydrogen-bond acceptors (Lipinski definition) is 2. The first-order chi connectivity index (χ1) is 9.08. The molecule has 0 aliphatic heterocycles. The van der Waals surface area contributed by atoms with E-state index in [-0.39, 0.29) is 0 Å². The van der Waals surface area contributed by atoms with Crippen molar-refractivity contribution in [1.82, 2.24) is 10.3 Å². The maximum Gasteiger partial charge on any atom is 0.0315 e. The molecule has 2 heteroatoms. The second kappa shape index (κ2) is 5.98. The Morgan fingerprint density at radius 3 is 2.58 bits per heavy atom. The molecule has 1 N–H and O–H groups in total. The van der Waals surface area contributed by atoms with Gasteiger partial charge in [0.15, 0.2) is 0 Å². The molecule has 0 fully saturated rings. The van der Waals surface area contributed by atoms with Gasteiger partial charge in [0.25, 0.3) is 0 Å². The summed E-state index contributed by atoms with van der Waals surface area (Å²) in [5.41, 5.74) is 6.58. The molecule has 2 aromatic rings. The van der Waals surface area contributed by atoms with Gasteiger partial charge in [-0.15, -0.1) is 0 Å². The first-order valence-electron chi connectivity index (χ1n) is 6.78. The highest BCUT2D eigenvalue weighted by Crippen LogP contribution is 2.19. The zero-order chi connectivity index (χ0) is 13.8. The SMILES string of the molecule is Cc1ccc(C(C)NCc2cnccc2C)c(C)c1. The molecule has 100 valence electrons. The summed E-state index contributed by atoms with van der Waals surface area (Å²) >= 11 is 0. The molecule has 0 bridgehead atoms. The van der Waals surface area contributed by atoms with E-state index in [9.17, 15) is 0 Å². The number of rotatable bonds is 4. The molecule has 2 rings (SSSR count). The number of nitrogens with one attached hydrogen (secondary N) is 1. The molecule has 1 atom stereocenters. The van der Waals surface area contributed by atoms with Crippen molar-refractivity contribution in [3.05, 3.63) is 64.5 Å². The van der Waals surface area contributed by atoms with Gasteiger partial charge < -0.3 is 5.32 Å². The normalized spacial score (nSPS) is 12.4. The van der Waals surface area contributed by atoms with Crippen LogP contribution in [0.5, 0.6) is 0 Å². The lowest BCUT2D eigenvalue weighted by Crippen LogP contribution is -2.19. The maximum atomic E-state index is 4.19. The van der Waals surface area contributed by atoms with Gasteiger partial charge in [0.1, 0.15) is 0 Å². The van der Waals surface area contributed by atoms with E-state index in [0.29, 0.717) is 6.04 Å². The van der Waals surface area contributed by atoms with Crippen LogP contribution in [0.1, 0.15) is 40.8 Å². The second-order valence-electron chi connectivity index (χ2n) is 5.26. The molecule has 1 aromatic heterocycles. The van der Waals surface area contributed by atoms with E-state index in [4.69, 9.17) is 0 Å². The average molecular weight is 254 g/mol. The Morgan fingerprint density at radius 2 is 1.89 bits per heavy atom. The standard InChI is InChI=1S/C17H22N2/c1-12-5-6-17(14(3)9-12)15(4)19-11-16-10-18-8-7-13(16)2/h5-10,15,19H,11H2,1-4H3. The Morgan fingerprint density at radius 1 is 1.11 bits per heavy atom. The minimum atomic E-state index is 0.347. The molecule has 19 heavy (non-hydrogen) atoms. The zero-order valence-electron chi connectivity index (χ0n) is 12.2. The molecule has 0 spiro atoms. The molecule has 2 nitrogen and oxygen atoms in total. The molecule has 1 heterocycles. The van der Waals surface area contributed by atoms with Crippen LogP contribution in [0.4, 0.5) is 0 Å². The van der Waals surface area contributed by atoms with E-state index in [1.165, 1.54) is 27.8 Å². The molecule has 0 saturated heterocycles. The second-order valence-corrected chi connectivity index (χ2v) is 5.26. The molecule has 0 aliphatic carbocycles. The predicted molar refractivity (Wildman–Crippen MR) is 80.1 cm³/mol. The van der Waals surface area contributed by atoms with E-state index in [2.05, 4.69) is 62.3 Å². The molecule has 1 unspecified atom stereocenters. The van der Waals surface area contributed by atoms with Crippen molar-refractivity contribution in [2.75, 3.05) is 0 Å². The van der Waals surface area contributed by atoms with E-state index in [1.807, 2.05) is 12.4 Å². The Balaban J connectivity index is 2.05. The van der Waals surface area contributed by atoms with Crippen LogP contribution < -0.4 is 5.32 Å². The lowest BCUT2D eigenvalue weighted by Gasteiger charge is -2.17. The quantitative estimate of drug-likeness (QED) is 0.896. The third-order valence-corrected chi connectivity index (χ3v) is 3.64. The van der Waals surface area contributed by atoms with Crippen LogP contribution in [0.25, 0.3) is 0 Å². The summed E-state index contributed by atoms with van der Waals surface area (Å²) in [5, 5.41) is 3.58. The molecular formula is C17H22N2. The molecule has 0 radical (unpaired) electrons. The molecular weight excluding hydrogens is 232 g/mol. The van der Waals surface area contributed by atoms with Crippen molar-refractivity contribution in [3.8, 4) is 0 Å². The van der Waals surface area contributed by atoms with Gasteiger partial charge in [-0.1, -0.05) is 23.8 Å². The monoisotopic (exact) mass is 254 g/mol. The minimum Gasteiger partial charge on any atom is -0.306 e. The van der Waals surface area contributed by atoms with Crippen molar-refractivity contribution in [2.45, 2.75) is 40.3 Å². The predicted octanol–water partition coefficient (Wildman–Crippen LogP) is 3.86. The molecule has 0 amide bonds. The van der Waals surface area contributed by atoms with Gasteiger partial charge in [-0.25, -0.2) is 0 Å². The number of benzene rings is 1. The van der Waals surface area contributed by atoms with Crippen molar-refractivity contribution >= 4 is 0 Å². The largest absolute Gasteiger partial charge is 0.306 e. The van der Waals surface area contributed by atoms with Gasteiger partial charge in [0, 0.05) is 25.0 Å². The lowest BCUT2D eigenvalue weighted by atomic mass is 10.00. The third kappa shape index (κ3) is 3.42. The van der Waals surface area contributed by atoms with E-state index < -0.39 is 0 Å². The first-order valence-corrected chi connectivity index (χ1v) is 6.78. The van der Waals surface area contributed by atoms with E-state index in [0.717, 1.165) is 6.54 Å². The van der Waals surface area contributed by atoms with Gasteiger partial charge in [-0.3, -0.25) is 4.98 Å². The Hall–Kier alpha value is -1.67.